The van der Waals surface area contributed by atoms with E-state index in [1.54, 1.807) is 0 Å². The second-order valence-electron chi connectivity index (χ2n) is 5.57. The summed E-state index contributed by atoms with van der Waals surface area (Å²) in [7, 11) is 0. The van der Waals surface area contributed by atoms with Gasteiger partial charge in [-0.15, -0.1) is 0 Å². The minimum atomic E-state index is 0.112. The minimum Gasteiger partial charge on any atom is -0.349 e. The van der Waals surface area contributed by atoms with Crippen LogP contribution in [0.4, 0.5) is 0 Å². The Kier molecular flexibility index (Phi) is 2.65. The van der Waals surface area contributed by atoms with Crippen LogP contribution in [0.25, 0.3) is 0 Å². The largest absolute Gasteiger partial charge is 0.349 e. The smallest absolute Gasteiger partial charge is 0.251 e. The van der Waals surface area contributed by atoms with Crippen LogP contribution in [0.3, 0.4) is 0 Å². The Bertz CT molecular complexity index is 440. The van der Waals surface area contributed by atoms with Crippen molar-refractivity contribution in [3.05, 3.63) is 35.4 Å². The molecular formula is C15H19NO. The van der Waals surface area contributed by atoms with Gasteiger partial charge in [0.15, 0.2) is 0 Å². The number of fused-ring (bicyclic) bond motifs is 2. The second kappa shape index (κ2) is 4.17. The quantitative estimate of drug-likeness (QED) is 0.830. The molecule has 1 amide bonds. The average Bonchev–Trinajstić information content (AvgIpc) is 2.91. The molecule has 0 unspecified atom stereocenters. The number of aryl methyl sites for hydroxylation is 1. The van der Waals surface area contributed by atoms with E-state index in [2.05, 4.69) is 5.32 Å². The summed E-state index contributed by atoms with van der Waals surface area (Å²) in [6.45, 7) is 2.00. The van der Waals surface area contributed by atoms with Crippen LogP contribution in [-0.4, -0.2) is 11.9 Å². The van der Waals surface area contributed by atoms with Crippen molar-refractivity contribution in [3.8, 4) is 0 Å². The van der Waals surface area contributed by atoms with E-state index in [-0.39, 0.29) is 5.91 Å². The number of hydrogen-bond donors (Lipinski definition) is 1. The Morgan fingerprint density at radius 2 is 2.06 bits per heavy atom. The number of rotatable bonds is 2. The van der Waals surface area contributed by atoms with Crippen LogP contribution in [0.5, 0.6) is 0 Å². The Morgan fingerprint density at radius 1 is 1.24 bits per heavy atom. The third-order valence-corrected chi connectivity index (χ3v) is 4.44. The van der Waals surface area contributed by atoms with E-state index in [0.29, 0.717) is 6.04 Å². The van der Waals surface area contributed by atoms with Crippen molar-refractivity contribution < 1.29 is 4.79 Å². The minimum absolute atomic E-state index is 0.112. The van der Waals surface area contributed by atoms with Gasteiger partial charge in [-0.1, -0.05) is 24.6 Å². The van der Waals surface area contributed by atoms with Crippen LogP contribution in [0.2, 0.25) is 0 Å². The van der Waals surface area contributed by atoms with Crippen LogP contribution in [0.1, 0.15) is 41.6 Å². The summed E-state index contributed by atoms with van der Waals surface area (Å²) < 4.78 is 0. The third kappa shape index (κ3) is 1.97. The van der Waals surface area contributed by atoms with Crippen molar-refractivity contribution in [1.82, 2.24) is 5.32 Å². The average molecular weight is 229 g/mol. The number of carbonyl (C=O) groups excluding carboxylic acids is 1. The lowest BCUT2D eigenvalue weighted by atomic mass is 9.95. The molecule has 2 heteroatoms. The molecule has 0 aliphatic heterocycles. The van der Waals surface area contributed by atoms with Crippen LogP contribution < -0.4 is 5.32 Å². The molecule has 0 spiro atoms. The highest BCUT2D eigenvalue weighted by Crippen LogP contribution is 2.44. The summed E-state index contributed by atoms with van der Waals surface area (Å²) in [5.41, 5.74) is 1.89. The summed E-state index contributed by atoms with van der Waals surface area (Å²) in [5, 5.41) is 3.23. The van der Waals surface area contributed by atoms with Gasteiger partial charge in [-0.3, -0.25) is 4.79 Å². The van der Waals surface area contributed by atoms with Crippen LogP contribution in [-0.2, 0) is 0 Å². The monoisotopic (exact) mass is 229 g/mol. The fourth-order valence-electron chi connectivity index (χ4n) is 3.50. The summed E-state index contributed by atoms with van der Waals surface area (Å²) in [5.74, 6) is 1.73. The molecule has 2 aliphatic carbocycles. The Morgan fingerprint density at radius 3 is 2.71 bits per heavy atom. The van der Waals surface area contributed by atoms with Gasteiger partial charge in [-0.05, 0) is 49.7 Å². The molecule has 90 valence electrons. The fourth-order valence-corrected chi connectivity index (χ4v) is 3.50. The predicted molar refractivity (Wildman–Crippen MR) is 67.9 cm³/mol. The van der Waals surface area contributed by atoms with Crippen molar-refractivity contribution >= 4 is 5.91 Å². The number of benzene rings is 1. The summed E-state index contributed by atoms with van der Waals surface area (Å²) in [4.78, 5) is 12.2. The van der Waals surface area contributed by atoms with Gasteiger partial charge in [0, 0.05) is 11.6 Å². The molecule has 2 saturated carbocycles. The first kappa shape index (κ1) is 10.8. The van der Waals surface area contributed by atoms with E-state index in [0.717, 1.165) is 23.0 Å². The van der Waals surface area contributed by atoms with Gasteiger partial charge < -0.3 is 5.32 Å². The topological polar surface area (TPSA) is 29.1 Å². The maximum atomic E-state index is 12.2. The maximum Gasteiger partial charge on any atom is 0.251 e. The van der Waals surface area contributed by atoms with Gasteiger partial charge in [0.1, 0.15) is 0 Å². The van der Waals surface area contributed by atoms with E-state index >= 15 is 0 Å². The van der Waals surface area contributed by atoms with E-state index in [9.17, 15) is 4.79 Å². The Hall–Kier alpha value is -1.31. The molecule has 0 aromatic heterocycles. The zero-order valence-electron chi connectivity index (χ0n) is 10.3. The van der Waals surface area contributed by atoms with Crippen molar-refractivity contribution in [2.75, 3.05) is 0 Å². The first-order chi connectivity index (χ1) is 8.24. The van der Waals surface area contributed by atoms with E-state index in [1.165, 1.54) is 25.7 Å². The van der Waals surface area contributed by atoms with Gasteiger partial charge in [-0.25, -0.2) is 0 Å². The zero-order chi connectivity index (χ0) is 11.8. The van der Waals surface area contributed by atoms with Gasteiger partial charge in [0.05, 0.1) is 0 Å². The first-order valence-electron chi connectivity index (χ1n) is 6.60. The fraction of sp³-hybridized carbons (Fsp3) is 0.533. The van der Waals surface area contributed by atoms with Crippen molar-refractivity contribution in [2.24, 2.45) is 11.8 Å². The lowest BCUT2D eigenvalue weighted by Crippen LogP contribution is -2.38. The van der Waals surface area contributed by atoms with Crippen LogP contribution >= 0.6 is 0 Å². The molecule has 0 heterocycles. The summed E-state index contributed by atoms with van der Waals surface area (Å²) in [6.07, 6.45) is 5.21. The molecule has 2 nitrogen and oxygen atoms in total. The van der Waals surface area contributed by atoms with E-state index in [1.807, 2.05) is 31.2 Å². The highest BCUT2D eigenvalue weighted by atomic mass is 16.1. The Labute approximate surface area is 102 Å². The van der Waals surface area contributed by atoms with Gasteiger partial charge in [0.2, 0.25) is 0 Å². The number of amides is 1. The number of carbonyl (C=O) groups is 1. The Balaban J connectivity index is 1.70. The molecule has 1 aromatic carbocycles. The van der Waals surface area contributed by atoms with Gasteiger partial charge in [-0.2, -0.15) is 0 Å². The third-order valence-electron chi connectivity index (χ3n) is 4.44. The molecule has 1 aromatic rings. The molecule has 2 fully saturated rings. The van der Waals surface area contributed by atoms with Gasteiger partial charge >= 0.3 is 0 Å². The highest BCUT2D eigenvalue weighted by Gasteiger charge is 2.40. The molecule has 0 saturated heterocycles. The molecule has 2 aliphatic rings. The molecule has 2 bridgehead atoms. The van der Waals surface area contributed by atoms with Crippen molar-refractivity contribution in [2.45, 2.75) is 38.6 Å². The normalized spacial score (nSPS) is 30.5. The maximum absolute atomic E-state index is 12.2. The van der Waals surface area contributed by atoms with E-state index < -0.39 is 0 Å². The highest BCUT2D eigenvalue weighted by molar-refractivity contribution is 5.95. The van der Waals surface area contributed by atoms with Crippen molar-refractivity contribution in [3.63, 3.8) is 0 Å². The molecule has 3 rings (SSSR count). The molecule has 0 radical (unpaired) electrons. The molecule has 3 atom stereocenters. The zero-order valence-corrected chi connectivity index (χ0v) is 10.3. The lowest BCUT2D eigenvalue weighted by molar-refractivity contribution is 0.0922. The number of nitrogens with one attached hydrogen (secondary N) is 1. The molecule has 1 N–H and O–H groups in total. The van der Waals surface area contributed by atoms with Crippen LogP contribution in [0.15, 0.2) is 24.3 Å². The molecular weight excluding hydrogens is 210 g/mol. The summed E-state index contributed by atoms with van der Waals surface area (Å²) >= 11 is 0. The van der Waals surface area contributed by atoms with E-state index in [4.69, 9.17) is 0 Å². The second-order valence-corrected chi connectivity index (χ2v) is 5.57. The van der Waals surface area contributed by atoms with Crippen molar-refractivity contribution in [1.29, 1.82) is 0 Å². The predicted octanol–water partition coefficient (Wildman–Crippen LogP) is 2.91. The SMILES string of the molecule is Cc1ccccc1C(=O)N[C@@H]1C[C@H]2CC[C@@H]1C2. The van der Waals surface area contributed by atoms with Gasteiger partial charge in [0.25, 0.3) is 5.91 Å². The first-order valence-corrected chi connectivity index (χ1v) is 6.60. The standard InChI is InChI=1S/C15H19NO/c1-10-4-2-3-5-13(10)15(17)16-14-9-11-6-7-12(14)8-11/h2-5,11-12,14H,6-9H2,1H3,(H,16,17)/t11-,12+,14+/m0/s1. The van der Waals surface area contributed by atoms with Crippen LogP contribution in [0, 0.1) is 18.8 Å². The lowest BCUT2D eigenvalue weighted by Gasteiger charge is -2.23. The summed E-state index contributed by atoms with van der Waals surface area (Å²) in [6, 6.07) is 8.25. The number of hydrogen-bond acceptors (Lipinski definition) is 1. The molecule has 17 heavy (non-hydrogen) atoms.